The van der Waals surface area contributed by atoms with E-state index < -0.39 is 5.82 Å². The number of carbonyl (C=O) groups excluding carboxylic acids is 1. The van der Waals surface area contributed by atoms with Crippen LogP contribution in [0.2, 0.25) is 0 Å². The fraction of sp³-hybridized carbons (Fsp3) is 0.188. The molecule has 0 N–H and O–H groups in total. The lowest BCUT2D eigenvalue weighted by Crippen LogP contribution is -2.02. The van der Waals surface area contributed by atoms with Crippen molar-refractivity contribution in [3.05, 3.63) is 57.3 Å². The van der Waals surface area contributed by atoms with Gasteiger partial charge >= 0.3 is 0 Å². The maximum absolute atomic E-state index is 13.8. The maximum atomic E-state index is 13.8. The van der Waals surface area contributed by atoms with Crippen LogP contribution in [0.3, 0.4) is 0 Å². The summed E-state index contributed by atoms with van der Waals surface area (Å²) < 4.78 is 25.2. The van der Waals surface area contributed by atoms with E-state index >= 15 is 0 Å². The smallest absolute Gasteiger partial charge is 0.153 e. The molecule has 0 aromatic heterocycles. The molecule has 0 bridgehead atoms. The lowest BCUT2D eigenvalue weighted by molar-refractivity contribution is 0.111. The maximum Gasteiger partial charge on any atom is 0.153 e. The highest BCUT2D eigenvalue weighted by molar-refractivity contribution is 9.10. The van der Waals surface area contributed by atoms with Gasteiger partial charge in [-0.25, -0.2) is 4.39 Å². The Morgan fingerprint density at radius 1 is 1.29 bits per heavy atom. The first-order valence-electron chi connectivity index (χ1n) is 6.25. The third-order valence-electron chi connectivity index (χ3n) is 3.03. The monoisotopic (exact) mass is 352 g/mol. The van der Waals surface area contributed by atoms with Crippen molar-refractivity contribution in [2.45, 2.75) is 13.5 Å². The van der Waals surface area contributed by atoms with Crippen LogP contribution < -0.4 is 9.47 Å². The van der Waals surface area contributed by atoms with E-state index in [-0.39, 0.29) is 6.61 Å². The molecule has 0 aliphatic heterocycles. The summed E-state index contributed by atoms with van der Waals surface area (Å²) in [6, 6.07) is 8.07. The zero-order chi connectivity index (χ0) is 15.4. The fourth-order valence-electron chi connectivity index (χ4n) is 1.96. The summed E-state index contributed by atoms with van der Waals surface area (Å²) >= 11 is 3.32. The van der Waals surface area contributed by atoms with Crippen LogP contribution in [0.5, 0.6) is 11.5 Å². The molecule has 110 valence electrons. The first-order valence-corrected chi connectivity index (χ1v) is 7.05. The largest absolute Gasteiger partial charge is 0.497 e. The van der Waals surface area contributed by atoms with Gasteiger partial charge in [0.25, 0.3) is 0 Å². The molecule has 0 aliphatic carbocycles. The Morgan fingerprint density at radius 3 is 2.67 bits per heavy atom. The van der Waals surface area contributed by atoms with Crippen molar-refractivity contribution in [2.75, 3.05) is 7.11 Å². The number of aryl methyl sites for hydroxylation is 1. The van der Waals surface area contributed by atoms with Gasteiger partial charge in [-0.3, -0.25) is 4.79 Å². The lowest BCUT2D eigenvalue weighted by atomic mass is 10.1. The van der Waals surface area contributed by atoms with Crippen molar-refractivity contribution in [3.63, 3.8) is 0 Å². The molecule has 2 rings (SSSR count). The highest BCUT2D eigenvalue weighted by atomic mass is 79.9. The van der Waals surface area contributed by atoms with Crippen LogP contribution in [0.4, 0.5) is 4.39 Å². The van der Waals surface area contributed by atoms with Crippen molar-refractivity contribution < 1.29 is 18.7 Å². The Kier molecular flexibility index (Phi) is 4.96. The number of aldehydes is 1. The van der Waals surface area contributed by atoms with Gasteiger partial charge in [0.05, 0.1) is 12.7 Å². The average molecular weight is 353 g/mol. The molecule has 2 aromatic rings. The number of hydrogen-bond donors (Lipinski definition) is 0. The summed E-state index contributed by atoms with van der Waals surface area (Å²) in [5.41, 5.74) is 1.63. The van der Waals surface area contributed by atoms with Crippen LogP contribution in [-0.4, -0.2) is 13.4 Å². The minimum absolute atomic E-state index is 0.0408. The van der Waals surface area contributed by atoms with Gasteiger partial charge < -0.3 is 9.47 Å². The first-order chi connectivity index (χ1) is 10.0. The van der Waals surface area contributed by atoms with Crippen molar-refractivity contribution in [1.29, 1.82) is 0 Å². The predicted octanol–water partition coefficient (Wildman–Crippen LogP) is 4.30. The molecule has 0 saturated heterocycles. The van der Waals surface area contributed by atoms with Crippen LogP contribution in [0, 0.1) is 12.7 Å². The number of rotatable bonds is 5. The molecule has 0 spiro atoms. The van der Waals surface area contributed by atoms with Gasteiger partial charge in [-0.1, -0.05) is 15.9 Å². The van der Waals surface area contributed by atoms with E-state index in [0.717, 1.165) is 16.3 Å². The van der Waals surface area contributed by atoms with Crippen LogP contribution >= 0.6 is 15.9 Å². The van der Waals surface area contributed by atoms with E-state index in [1.54, 1.807) is 18.2 Å². The fourth-order valence-corrected chi connectivity index (χ4v) is 2.55. The van der Waals surface area contributed by atoms with Gasteiger partial charge in [-0.2, -0.15) is 0 Å². The summed E-state index contributed by atoms with van der Waals surface area (Å²) in [6.45, 7) is 1.87. The number of methoxy groups -OCH3 is 1. The quantitative estimate of drug-likeness (QED) is 0.752. The Labute approximate surface area is 130 Å². The molecule has 0 atom stereocenters. The van der Waals surface area contributed by atoms with Crippen molar-refractivity contribution in [3.8, 4) is 11.5 Å². The number of halogens is 2. The molecule has 0 fully saturated rings. The number of benzene rings is 2. The van der Waals surface area contributed by atoms with Crippen molar-refractivity contribution in [2.24, 2.45) is 0 Å². The molecule has 2 aromatic carbocycles. The SMILES string of the molecule is COc1ccc(COc2c(C)cc(Br)cc2C=O)c(F)c1. The van der Waals surface area contributed by atoms with Crippen LogP contribution in [0.1, 0.15) is 21.5 Å². The third-order valence-corrected chi connectivity index (χ3v) is 3.49. The van der Waals surface area contributed by atoms with Gasteiger partial charge in [0.1, 0.15) is 23.9 Å². The van der Waals surface area contributed by atoms with E-state index in [4.69, 9.17) is 9.47 Å². The Bertz CT molecular complexity index is 671. The van der Waals surface area contributed by atoms with Gasteiger partial charge in [-0.05, 0) is 36.8 Å². The summed E-state index contributed by atoms with van der Waals surface area (Å²) in [5, 5.41) is 0. The van der Waals surface area contributed by atoms with Gasteiger partial charge in [0.15, 0.2) is 6.29 Å². The topological polar surface area (TPSA) is 35.5 Å². The molecular formula is C16H14BrFO3. The molecule has 0 heterocycles. The van der Waals surface area contributed by atoms with Crippen LogP contribution in [0.25, 0.3) is 0 Å². The molecule has 0 amide bonds. The number of hydrogen-bond acceptors (Lipinski definition) is 3. The minimum atomic E-state index is -0.406. The second-order valence-corrected chi connectivity index (χ2v) is 5.42. The molecule has 0 unspecified atom stereocenters. The molecule has 0 radical (unpaired) electrons. The highest BCUT2D eigenvalue weighted by Gasteiger charge is 2.11. The Morgan fingerprint density at radius 2 is 2.05 bits per heavy atom. The Balaban J connectivity index is 2.22. The van der Waals surface area contributed by atoms with Gasteiger partial charge in [-0.15, -0.1) is 0 Å². The second kappa shape index (κ2) is 6.72. The van der Waals surface area contributed by atoms with Crippen molar-refractivity contribution >= 4 is 22.2 Å². The number of carbonyl (C=O) groups is 1. The summed E-state index contributed by atoms with van der Waals surface area (Å²) in [6.07, 6.45) is 0.720. The minimum Gasteiger partial charge on any atom is -0.497 e. The van der Waals surface area contributed by atoms with E-state index in [9.17, 15) is 9.18 Å². The van der Waals surface area contributed by atoms with Crippen LogP contribution in [0.15, 0.2) is 34.8 Å². The standard InChI is InChI=1S/C16H14BrFO3/c1-10-5-13(17)6-12(8-19)16(10)21-9-11-3-4-14(20-2)7-15(11)18/h3-8H,9H2,1-2H3. The van der Waals surface area contributed by atoms with E-state index in [1.807, 2.05) is 13.0 Å². The molecule has 0 aliphatic rings. The molecule has 0 saturated carbocycles. The molecule has 3 nitrogen and oxygen atoms in total. The van der Waals surface area contributed by atoms with Gasteiger partial charge in [0, 0.05) is 16.1 Å². The zero-order valence-electron chi connectivity index (χ0n) is 11.7. The second-order valence-electron chi connectivity index (χ2n) is 4.50. The van der Waals surface area contributed by atoms with Crippen LogP contribution in [-0.2, 0) is 6.61 Å². The third kappa shape index (κ3) is 3.61. The average Bonchev–Trinajstić information content (AvgIpc) is 2.46. The summed E-state index contributed by atoms with van der Waals surface area (Å²) in [7, 11) is 1.48. The number of ether oxygens (including phenoxy) is 2. The first kappa shape index (κ1) is 15.5. The Hall–Kier alpha value is -1.88. The van der Waals surface area contributed by atoms with E-state index in [1.165, 1.54) is 13.2 Å². The van der Waals surface area contributed by atoms with Crippen molar-refractivity contribution in [1.82, 2.24) is 0 Å². The van der Waals surface area contributed by atoms with E-state index in [2.05, 4.69) is 15.9 Å². The predicted molar refractivity (Wildman–Crippen MR) is 81.6 cm³/mol. The lowest BCUT2D eigenvalue weighted by Gasteiger charge is -2.13. The van der Waals surface area contributed by atoms with Gasteiger partial charge in [0.2, 0.25) is 0 Å². The molecule has 21 heavy (non-hydrogen) atoms. The van der Waals surface area contributed by atoms with E-state index in [0.29, 0.717) is 22.6 Å². The molecular weight excluding hydrogens is 339 g/mol. The zero-order valence-corrected chi connectivity index (χ0v) is 13.2. The summed E-state index contributed by atoms with van der Waals surface area (Å²) in [4.78, 5) is 11.1. The normalized spacial score (nSPS) is 10.3. The molecule has 5 heteroatoms. The highest BCUT2D eigenvalue weighted by Crippen LogP contribution is 2.28. The summed E-state index contributed by atoms with van der Waals surface area (Å²) in [5.74, 6) is 0.504.